The van der Waals surface area contributed by atoms with Crippen LogP contribution >= 0.6 is 45.2 Å². The highest BCUT2D eigenvalue weighted by molar-refractivity contribution is 14.1. The van der Waals surface area contributed by atoms with Crippen LogP contribution in [0.5, 0.6) is 0 Å². The van der Waals surface area contributed by atoms with E-state index in [4.69, 9.17) is 0 Å². The Kier molecular flexibility index (Phi) is 6.36. The summed E-state index contributed by atoms with van der Waals surface area (Å²) in [4.78, 5) is 2.49. The van der Waals surface area contributed by atoms with Crippen LogP contribution in [0.1, 0.15) is 12.5 Å². The SMILES string of the molecule is CCN(Cc1ccccc1)C(I)CI. The lowest BCUT2D eigenvalue weighted by atomic mass is 10.2. The lowest BCUT2D eigenvalue weighted by molar-refractivity contribution is 0.288. The van der Waals surface area contributed by atoms with Gasteiger partial charge in [-0.05, 0) is 12.1 Å². The van der Waals surface area contributed by atoms with E-state index >= 15 is 0 Å². The van der Waals surface area contributed by atoms with Gasteiger partial charge in [-0.15, -0.1) is 0 Å². The average molecular weight is 415 g/mol. The molecule has 1 aromatic carbocycles. The van der Waals surface area contributed by atoms with E-state index in [9.17, 15) is 0 Å². The Morgan fingerprint density at radius 2 is 1.93 bits per heavy atom. The maximum absolute atomic E-state index is 2.51. The molecule has 0 aromatic heterocycles. The van der Waals surface area contributed by atoms with Gasteiger partial charge in [0.05, 0.1) is 4.05 Å². The van der Waals surface area contributed by atoms with Crippen molar-refractivity contribution in [1.82, 2.24) is 4.90 Å². The molecule has 0 amide bonds. The molecule has 0 saturated carbocycles. The molecule has 0 bridgehead atoms. The first-order valence-corrected chi connectivity index (χ1v) is 7.53. The number of rotatable bonds is 5. The second-order valence-electron chi connectivity index (χ2n) is 3.14. The molecule has 0 radical (unpaired) electrons. The lowest BCUT2D eigenvalue weighted by Crippen LogP contribution is -2.31. The summed E-state index contributed by atoms with van der Waals surface area (Å²) in [6.45, 7) is 4.40. The van der Waals surface area contributed by atoms with Gasteiger partial charge in [0.1, 0.15) is 0 Å². The van der Waals surface area contributed by atoms with E-state index in [0.717, 1.165) is 13.1 Å². The molecule has 0 saturated heterocycles. The third-order valence-electron chi connectivity index (χ3n) is 2.16. The molecule has 0 aliphatic heterocycles. The second kappa shape index (κ2) is 7.00. The molecule has 3 heteroatoms. The third-order valence-corrected chi connectivity index (χ3v) is 5.91. The van der Waals surface area contributed by atoms with E-state index in [-0.39, 0.29) is 0 Å². The molecule has 1 nitrogen and oxygen atoms in total. The lowest BCUT2D eigenvalue weighted by Gasteiger charge is -2.24. The fourth-order valence-electron chi connectivity index (χ4n) is 1.32. The van der Waals surface area contributed by atoms with Crippen LogP contribution in [0.15, 0.2) is 30.3 Å². The van der Waals surface area contributed by atoms with Crippen LogP contribution in [0.2, 0.25) is 0 Å². The summed E-state index contributed by atoms with van der Waals surface area (Å²) < 4.78 is 1.82. The van der Waals surface area contributed by atoms with Crippen LogP contribution < -0.4 is 0 Å². The van der Waals surface area contributed by atoms with Crippen LogP contribution in [-0.2, 0) is 6.54 Å². The fourth-order valence-corrected chi connectivity index (χ4v) is 2.47. The molecule has 78 valence electrons. The Bertz CT molecular complexity index is 251. The summed E-state index contributed by atoms with van der Waals surface area (Å²) in [7, 11) is 0. The van der Waals surface area contributed by atoms with Crippen molar-refractivity contribution in [1.29, 1.82) is 0 Å². The van der Waals surface area contributed by atoms with E-state index in [1.165, 1.54) is 9.99 Å². The van der Waals surface area contributed by atoms with Gasteiger partial charge in [0.2, 0.25) is 0 Å². The summed E-state index contributed by atoms with van der Waals surface area (Å²) in [6, 6.07) is 10.7. The average Bonchev–Trinajstić information content (AvgIpc) is 2.26. The highest BCUT2D eigenvalue weighted by Gasteiger charge is 2.11. The third kappa shape index (κ3) is 4.02. The topological polar surface area (TPSA) is 3.24 Å². The largest absolute Gasteiger partial charge is 0.287 e. The smallest absolute Gasteiger partial charge is 0.0711 e. The van der Waals surface area contributed by atoms with Crippen molar-refractivity contribution >= 4 is 45.2 Å². The molecular weight excluding hydrogens is 400 g/mol. The van der Waals surface area contributed by atoms with E-state index in [0.29, 0.717) is 4.05 Å². The number of alkyl halides is 2. The second-order valence-corrected chi connectivity index (χ2v) is 5.46. The van der Waals surface area contributed by atoms with Crippen molar-refractivity contribution in [3.05, 3.63) is 35.9 Å². The van der Waals surface area contributed by atoms with Crippen LogP contribution in [-0.4, -0.2) is 19.9 Å². The van der Waals surface area contributed by atoms with Gasteiger partial charge in [-0.3, -0.25) is 4.90 Å². The number of nitrogens with zero attached hydrogens (tertiary/aromatic N) is 1. The molecule has 0 heterocycles. The Morgan fingerprint density at radius 1 is 1.29 bits per heavy atom. The minimum absolute atomic E-state index is 0.637. The van der Waals surface area contributed by atoms with Crippen molar-refractivity contribution < 1.29 is 0 Å². The Hall–Kier alpha value is 0.640. The molecule has 1 rings (SSSR count). The normalized spacial score (nSPS) is 13.1. The Morgan fingerprint density at radius 3 is 2.43 bits per heavy atom. The molecule has 1 unspecified atom stereocenters. The van der Waals surface area contributed by atoms with E-state index < -0.39 is 0 Å². The minimum Gasteiger partial charge on any atom is -0.287 e. The van der Waals surface area contributed by atoms with Gasteiger partial charge in [0, 0.05) is 11.0 Å². The van der Waals surface area contributed by atoms with Crippen molar-refractivity contribution in [3.63, 3.8) is 0 Å². The van der Waals surface area contributed by atoms with E-state index in [2.05, 4.69) is 87.3 Å². The van der Waals surface area contributed by atoms with Gasteiger partial charge in [0.15, 0.2) is 0 Å². The number of hydrogen-bond acceptors (Lipinski definition) is 1. The highest BCUT2D eigenvalue weighted by Crippen LogP contribution is 2.14. The molecule has 0 N–H and O–H groups in total. The van der Waals surface area contributed by atoms with Crippen LogP contribution in [0.3, 0.4) is 0 Å². The summed E-state index contributed by atoms with van der Waals surface area (Å²) >= 11 is 4.96. The zero-order valence-electron chi connectivity index (χ0n) is 8.29. The van der Waals surface area contributed by atoms with Crippen molar-refractivity contribution in [3.8, 4) is 0 Å². The van der Waals surface area contributed by atoms with Gasteiger partial charge < -0.3 is 0 Å². The minimum atomic E-state index is 0.637. The van der Waals surface area contributed by atoms with E-state index in [1.54, 1.807) is 0 Å². The van der Waals surface area contributed by atoms with Crippen molar-refractivity contribution in [2.24, 2.45) is 0 Å². The van der Waals surface area contributed by atoms with Gasteiger partial charge >= 0.3 is 0 Å². The van der Waals surface area contributed by atoms with Gasteiger partial charge in [0.25, 0.3) is 0 Å². The fraction of sp³-hybridized carbons (Fsp3) is 0.455. The first kappa shape index (κ1) is 12.7. The van der Waals surface area contributed by atoms with Gasteiger partial charge in [-0.25, -0.2) is 0 Å². The molecule has 0 fully saturated rings. The first-order valence-electron chi connectivity index (χ1n) is 4.76. The summed E-state index contributed by atoms with van der Waals surface area (Å²) in [6.07, 6.45) is 0. The molecule has 0 spiro atoms. The Balaban J connectivity index is 2.57. The van der Waals surface area contributed by atoms with Crippen LogP contribution in [0.4, 0.5) is 0 Å². The van der Waals surface area contributed by atoms with Gasteiger partial charge in [-0.1, -0.05) is 82.4 Å². The maximum atomic E-state index is 2.51. The Labute approximate surface area is 114 Å². The maximum Gasteiger partial charge on any atom is 0.0711 e. The monoisotopic (exact) mass is 415 g/mol. The molecular formula is C11H15I2N. The summed E-state index contributed by atoms with van der Waals surface area (Å²) in [5.41, 5.74) is 1.40. The highest BCUT2D eigenvalue weighted by atomic mass is 127. The first-order chi connectivity index (χ1) is 6.77. The number of hydrogen-bond donors (Lipinski definition) is 0. The zero-order valence-corrected chi connectivity index (χ0v) is 12.6. The molecule has 0 aliphatic carbocycles. The summed E-state index contributed by atoms with van der Waals surface area (Å²) in [5, 5.41) is 0. The molecule has 1 atom stereocenters. The van der Waals surface area contributed by atoms with Crippen LogP contribution in [0, 0.1) is 0 Å². The molecule has 1 aromatic rings. The van der Waals surface area contributed by atoms with Crippen molar-refractivity contribution in [2.75, 3.05) is 11.0 Å². The number of benzene rings is 1. The summed E-state index contributed by atoms with van der Waals surface area (Å²) in [5.74, 6) is 0. The van der Waals surface area contributed by atoms with E-state index in [1.807, 2.05) is 0 Å². The predicted molar refractivity (Wildman–Crippen MR) is 79.2 cm³/mol. The number of halogens is 2. The zero-order chi connectivity index (χ0) is 10.4. The molecule has 14 heavy (non-hydrogen) atoms. The predicted octanol–water partition coefficient (Wildman–Crippen LogP) is 3.70. The van der Waals surface area contributed by atoms with Crippen molar-refractivity contribution in [2.45, 2.75) is 17.5 Å². The van der Waals surface area contributed by atoms with Crippen LogP contribution in [0.25, 0.3) is 0 Å². The quantitative estimate of drug-likeness (QED) is 0.403. The standard InChI is InChI=1S/C11H15I2N/c1-2-14(11(13)8-12)9-10-6-4-3-5-7-10/h3-7,11H,2,8-9H2,1H3. The van der Waals surface area contributed by atoms with Gasteiger partial charge in [-0.2, -0.15) is 0 Å². The molecule has 0 aliphatic rings.